The van der Waals surface area contributed by atoms with Crippen molar-refractivity contribution in [1.29, 1.82) is 0 Å². The van der Waals surface area contributed by atoms with E-state index in [1.54, 1.807) is 0 Å². The second-order valence-electron chi connectivity index (χ2n) is 5.98. The van der Waals surface area contributed by atoms with Crippen molar-refractivity contribution in [2.24, 2.45) is 0 Å². The molecule has 1 amide bonds. The first-order valence-electron chi connectivity index (χ1n) is 8.06. The SMILES string of the molecule is Cc1ccc(NC(=O)CN2CCN(c3ccccn3)CC2)c(Br)c1. The van der Waals surface area contributed by atoms with Gasteiger partial charge >= 0.3 is 0 Å². The third-order valence-corrected chi connectivity index (χ3v) is 4.77. The van der Waals surface area contributed by atoms with E-state index in [2.05, 4.69) is 36.0 Å². The number of rotatable bonds is 4. The Hall–Kier alpha value is -1.92. The van der Waals surface area contributed by atoms with Crippen molar-refractivity contribution >= 4 is 33.3 Å². The van der Waals surface area contributed by atoms with Crippen molar-refractivity contribution in [2.45, 2.75) is 6.92 Å². The van der Waals surface area contributed by atoms with Crippen LogP contribution in [0.2, 0.25) is 0 Å². The zero-order chi connectivity index (χ0) is 16.9. The lowest BCUT2D eigenvalue weighted by Gasteiger charge is -2.34. The summed E-state index contributed by atoms with van der Waals surface area (Å²) in [5.74, 6) is 1.02. The van der Waals surface area contributed by atoms with Gasteiger partial charge in [0.1, 0.15) is 5.82 Å². The number of aromatic nitrogens is 1. The number of pyridine rings is 1. The maximum atomic E-state index is 12.3. The molecular formula is C18H21BrN4O. The van der Waals surface area contributed by atoms with Gasteiger partial charge in [-0.3, -0.25) is 9.69 Å². The molecule has 0 aliphatic carbocycles. The molecular weight excluding hydrogens is 368 g/mol. The van der Waals surface area contributed by atoms with Crippen molar-refractivity contribution < 1.29 is 4.79 Å². The maximum Gasteiger partial charge on any atom is 0.238 e. The fraction of sp³-hybridized carbons (Fsp3) is 0.333. The van der Waals surface area contributed by atoms with Crippen LogP contribution in [0.25, 0.3) is 0 Å². The molecule has 0 unspecified atom stereocenters. The van der Waals surface area contributed by atoms with Crippen LogP contribution in [0, 0.1) is 6.92 Å². The Morgan fingerprint density at radius 1 is 1.21 bits per heavy atom. The number of piperazine rings is 1. The van der Waals surface area contributed by atoms with Gasteiger partial charge in [-0.1, -0.05) is 12.1 Å². The third kappa shape index (κ3) is 4.33. The van der Waals surface area contributed by atoms with Crippen molar-refractivity contribution in [3.05, 3.63) is 52.6 Å². The zero-order valence-corrected chi connectivity index (χ0v) is 15.3. The summed E-state index contributed by atoms with van der Waals surface area (Å²) < 4.78 is 0.913. The topological polar surface area (TPSA) is 48.5 Å². The molecule has 3 rings (SSSR count). The minimum atomic E-state index is 0.0193. The number of amides is 1. The Bertz CT molecular complexity index is 699. The Kier molecular flexibility index (Phi) is 5.48. The molecule has 1 aliphatic rings. The molecule has 1 aromatic carbocycles. The first kappa shape index (κ1) is 16.9. The number of hydrogen-bond donors (Lipinski definition) is 1. The minimum absolute atomic E-state index is 0.0193. The molecule has 5 nitrogen and oxygen atoms in total. The lowest BCUT2D eigenvalue weighted by Crippen LogP contribution is -2.48. The molecule has 6 heteroatoms. The second-order valence-corrected chi connectivity index (χ2v) is 6.84. The number of anilines is 2. The van der Waals surface area contributed by atoms with E-state index in [0.717, 1.165) is 47.7 Å². The summed E-state index contributed by atoms with van der Waals surface area (Å²) in [7, 11) is 0. The third-order valence-electron chi connectivity index (χ3n) is 4.11. The number of aryl methyl sites for hydroxylation is 1. The van der Waals surface area contributed by atoms with Crippen LogP contribution in [-0.2, 0) is 4.79 Å². The second kappa shape index (κ2) is 7.77. The van der Waals surface area contributed by atoms with Crippen molar-refractivity contribution in [2.75, 3.05) is 42.9 Å². The number of halogens is 1. The highest BCUT2D eigenvalue weighted by Gasteiger charge is 2.20. The fourth-order valence-corrected chi connectivity index (χ4v) is 3.38. The van der Waals surface area contributed by atoms with E-state index in [-0.39, 0.29) is 5.91 Å². The summed E-state index contributed by atoms with van der Waals surface area (Å²) in [6.07, 6.45) is 1.81. The summed E-state index contributed by atoms with van der Waals surface area (Å²) in [6, 6.07) is 11.9. The molecule has 2 heterocycles. The molecule has 0 radical (unpaired) electrons. The van der Waals surface area contributed by atoms with Crippen LogP contribution in [0.3, 0.4) is 0 Å². The average Bonchev–Trinajstić information content (AvgIpc) is 2.59. The predicted octanol–water partition coefficient (Wildman–Crippen LogP) is 2.91. The van der Waals surface area contributed by atoms with E-state index >= 15 is 0 Å². The number of nitrogens with zero attached hydrogens (tertiary/aromatic N) is 3. The van der Waals surface area contributed by atoms with Gasteiger partial charge in [-0.2, -0.15) is 0 Å². The number of benzene rings is 1. The average molecular weight is 389 g/mol. The first-order valence-corrected chi connectivity index (χ1v) is 8.85. The van der Waals surface area contributed by atoms with Crippen LogP contribution in [0.5, 0.6) is 0 Å². The summed E-state index contributed by atoms with van der Waals surface area (Å²) in [6.45, 7) is 5.93. The molecule has 0 bridgehead atoms. The van der Waals surface area contributed by atoms with Crippen LogP contribution >= 0.6 is 15.9 Å². The molecule has 1 aliphatic heterocycles. The molecule has 1 N–H and O–H groups in total. The minimum Gasteiger partial charge on any atom is -0.354 e. The summed E-state index contributed by atoms with van der Waals surface area (Å²) in [5.41, 5.74) is 1.98. The molecule has 0 atom stereocenters. The van der Waals surface area contributed by atoms with Crippen molar-refractivity contribution in [3.63, 3.8) is 0 Å². The quantitative estimate of drug-likeness (QED) is 0.874. The fourth-order valence-electron chi connectivity index (χ4n) is 2.79. The van der Waals surface area contributed by atoms with Gasteiger partial charge in [0.15, 0.2) is 0 Å². The summed E-state index contributed by atoms with van der Waals surface area (Å²) >= 11 is 3.49. The van der Waals surface area contributed by atoms with E-state index in [9.17, 15) is 4.79 Å². The molecule has 1 fully saturated rings. The highest BCUT2D eigenvalue weighted by molar-refractivity contribution is 9.10. The van der Waals surface area contributed by atoms with Gasteiger partial charge in [0.2, 0.25) is 5.91 Å². The number of carbonyl (C=O) groups excluding carboxylic acids is 1. The Morgan fingerprint density at radius 3 is 2.67 bits per heavy atom. The van der Waals surface area contributed by atoms with Gasteiger partial charge in [0.05, 0.1) is 12.2 Å². The molecule has 2 aromatic rings. The Balaban J connectivity index is 1.50. The molecule has 1 saturated heterocycles. The molecule has 126 valence electrons. The maximum absolute atomic E-state index is 12.3. The van der Waals surface area contributed by atoms with Gasteiger partial charge in [-0.05, 0) is 52.7 Å². The molecule has 24 heavy (non-hydrogen) atoms. The smallest absolute Gasteiger partial charge is 0.238 e. The highest BCUT2D eigenvalue weighted by atomic mass is 79.9. The van der Waals surface area contributed by atoms with Crippen LogP contribution < -0.4 is 10.2 Å². The van der Waals surface area contributed by atoms with Crippen molar-refractivity contribution in [3.8, 4) is 0 Å². The van der Waals surface area contributed by atoms with Crippen LogP contribution in [0.1, 0.15) is 5.56 Å². The van der Waals surface area contributed by atoms with Crippen LogP contribution in [0.15, 0.2) is 47.1 Å². The van der Waals surface area contributed by atoms with Gasteiger partial charge < -0.3 is 10.2 Å². The van der Waals surface area contributed by atoms with Gasteiger partial charge in [0, 0.05) is 36.8 Å². The largest absolute Gasteiger partial charge is 0.354 e. The standard InChI is InChI=1S/C18H21BrN4O/c1-14-5-6-16(15(19)12-14)21-18(24)13-22-8-10-23(11-9-22)17-4-2-3-7-20-17/h2-7,12H,8-11,13H2,1H3,(H,21,24). The van der Waals surface area contributed by atoms with Crippen LogP contribution in [0.4, 0.5) is 11.5 Å². The lowest BCUT2D eigenvalue weighted by atomic mass is 10.2. The van der Waals surface area contributed by atoms with E-state index in [0.29, 0.717) is 6.54 Å². The van der Waals surface area contributed by atoms with E-state index < -0.39 is 0 Å². The van der Waals surface area contributed by atoms with Gasteiger partial charge in [0.25, 0.3) is 0 Å². The monoisotopic (exact) mass is 388 g/mol. The Morgan fingerprint density at radius 2 is 2.00 bits per heavy atom. The lowest BCUT2D eigenvalue weighted by molar-refractivity contribution is -0.117. The van der Waals surface area contributed by atoms with E-state index in [1.807, 2.05) is 49.5 Å². The Labute approximate surface area is 150 Å². The normalized spacial score (nSPS) is 15.3. The summed E-state index contributed by atoms with van der Waals surface area (Å²) in [5, 5.41) is 2.97. The van der Waals surface area contributed by atoms with Crippen molar-refractivity contribution in [1.82, 2.24) is 9.88 Å². The van der Waals surface area contributed by atoms with E-state index in [1.165, 1.54) is 0 Å². The molecule has 1 aromatic heterocycles. The van der Waals surface area contributed by atoms with Gasteiger partial charge in [-0.15, -0.1) is 0 Å². The first-order chi connectivity index (χ1) is 11.6. The van der Waals surface area contributed by atoms with Crippen LogP contribution in [-0.4, -0.2) is 48.5 Å². The number of hydrogen-bond acceptors (Lipinski definition) is 4. The number of carbonyl (C=O) groups is 1. The summed E-state index contributed by atoms with van der Waals surface area (Å²) in [4.78, 5) is 21.1. The molecule has 0 spiro atoms. The van der Waals surface area contributed by atoms with E-state index in [4.69, 9.17) is 0 Å². The highest BCUT2D eigenvalue weighted by Crippen LogP contribution is 2.23. The molecule has 0 saturated carbocycles. The predicted molar refractivity (Wildman–Crippen MR) is 100 cm³/mol. The zero-order valence-electron chi connectivity index (χ0n) is 13.7. The number of nitrogens with one attached hydrogen (secondary N) is 1. The van der Waals surface area contributed by atoms with Gasteiger partial charge in [-0.25, -0.2) is 4.98 Å².